The molecule has 0 radical (unpaired) electrons. The fourth-order valence-corrected chi connectivity index (χ4v) is 6.39. The molecule has 6 nitrogen and oxygen atoms in total. The molecule has 0 saturated carbocycles. The quantitative estimate of drug-likeness (QED) is 0.805. The molecule has 26 heavy (non-hydrogen) atoms. The summed E-state index contributed by atoms with van der Waals surface area (Å²) < 4.78 is 34.2. The third kappa shape index (κ3) is 2.95. The van der Waals surface area contributed by atoms with E-state index in [0.717, 1.165) is 44.5 Å². The fourth-order valence-electron chi connectivity index (χ4n) is 5.01. The van der Waals surface area contributed by atoms with E-state index in [-0.39, 0.29) is 6.04 Å². The van der Waals surface area contributed by atoms with E-state index in [1.807, 2.05) is 6.07 Å². The summed E-state index contributed by atoms with van der Waals surface area (Å²) in [5.41, 5.74) is 2.70. The van der Waals surface area contributed by atoms with Gasteiger partial charge in [0.15, 0.2) is 0 Å². The molecule has 0 bridgehead atoms. The lowest BCUT2D eigenvalue weighted by Gasteiger charge is -2.52. The van der Waals surface area contributed by atoms with Crippen LogP contribution in [0.2, 0.25) is 0 Å². The van der Waals surface area contributed by atoms with E-state index >= 15 is 0 Å². The number of benzene rings is 1. The van der Waals surface area contributed by atoms with E-state index < -0.39 is 10.2 Å². The van der Waals surface area contributed by atoms with Crippen molar-refractivity contribution in [1.82, 2.24) is 13.5 Å². The highest BCUT2D eigenvalue weighted by Gasteiger charge is 2.46. The SMILES string of the molecule is COc1ccc2c(c1)CCN1C[C@H]3CCCN(S(=O)(=O)N(C)C)[C@H]3C[C@H]21. The van der Waals surface area contributed by atoms with Gasteiger partial charge in [-0.3, -0.25) is 4.90 Å². The molecule has 144 valence electrons. The van der Waals surface area contributed by atoms with Crippen molar-refractivity contribution in [2.45, 2.75) is 37.8 Å². The van der Waals surface area contributed by atoms with Crippen molar-refractivity contribution in [3.8, 4) is 5.75 Å². The molecular formula is C19H29N3O3S. The lowest BCUT2D eigenvalue weighted by Crippen LogP contribution is -2.59. The summed E-state index contributed by atoms with van der Waals surface area (Å²) in [4.78, 5) is 2.57. The smallest absolute Gasteiger partial charge is 0.281 e. The van der Waals surface area contributed by atoms with Crippen molar-refractivity contribution < 1.29 is 13.2 Å². The van der Waals surface area contributed by atoms with Gasteiger partial charge in [-0.2, -0.15) is 17.0 Å². The average Bonchev–Trinajstić information content (AvgIpc) is 2.65. The second-order valence-corrected chi connectivity index (χ2v) is 10.0. The van der Waals surface area contributed by atoms with Crippen LogP contribution in [0.15, 0.2) is 18.2 Å². The molecule has 0 aliphatic carbocycles. The van der Waals surface area contributed by atoms with Gasteiger partial charge in [0.05, 0.1) is 7.11 Å². The first-order valence-electron chi connectivity index (χ1n) is 9.52. The molecule has 3 aliphatic rings. The minimum absolute atomic E-state index is 0.102. The van der Waals surface area contributed by atoms with Gasteiger partial charge in [-0.25, -0.2) is 0 Å². The number of hydrogen-bond donors (Lipinski definition) is 0. The number of piperidine rings is 2. The topological polar surface area (TPSA) is 53.1 Å². The Hall–Kier alpha value is -1.15. The summed E-state index contributed by atoms with van der Waals surface area (Å²) in [5.74, 6) is 1.34. The number of ether oxygens (including phenoxy) is 1. The molecule has 4 rings (SSSR count). The highest BCUT2D eigenvalue weighted by Crippen LogP contribution is 2.44. The van der Waals surface area contributed by atoms with Gasteiger partial charge in [0.1, 0.15) is 5.75 Å². The third-order valence-electron chi connectivity index (χ3n) is 6.38. The van der Waals surface area contributed by atoms with Crippen LogP contribution in [0.25, 0.3) is 0 Å². The Labute approximate surface area is 156 Å². The monoisotopic (exact) mass is 379 g/mol. The summed E-state index contributed by atoms with van der Waals surface area (Å²) in [5, 5.41) is 0. The van der Waals surface area contributed by atoms with Crippen molar-refractivity contribution in [2.24, 2.45) is 5.92 Å². The average molecular weight is 380 g/mol. The van der Waals surface area contributed by atoms with Crippen molar-refractivity contribution in [2.75, 3.05) is 40.8 Å². The molecule has 0 spiro atoms. The Morgan fingerprint density at radius 2 is 2.04 bits per heavy atom. The lowest BCUT2D eigenvalue weighted by atomic mass is 9.77. The summed E-state index contributed by atoms with van der Waals surface area (Å²) in [6.07, 6.45) is 4.01. The van der Waals surface area contributed by atoms with Crippen LogP contribution in [0.1, 0.15) is 36.4 Å². The molecule has 3 aliphatic heterocycles. The molecule has 0 aromatic heterocycles. The van der Waals surface area contributed by atoms with Crippen molar-refractivity contribution in [3.63, 3.8) is 0 Å². The van der Waals surface area contributed by atoms with Crippen molar-refractivity contribution in [1.29, 1.82) is 0 Å². The van der Waals surface area contributed by atoms with Gasteiger partial charge in [-0.1, -0.05) is 6.07 Å². The van der Waals surface area contributed by atoms with Crippen molar-refractivity contribution in [3.05, 3.63) is 29.3 Å². The van der Waals surface area contributed by atoms with E-state index in [9.17, 15) is 8.42 Å². The van der Waals surface area contributed by atoms with Gasteiger partial charge in [-0.05, 0) is 54.9 Å². The van der Waals surface area contributed by atoms with Gasteiger partial charge in [0.25, 0.3) is 10.2 Å². The van der Waals surface area contributed by atoms with E-state index in [1.165, 1.54) is 15.4 Å². The Balaban J connectivity index is 1.65. The van der Waals surface area contributed by atoms with Gasteiger partial charge in [0, 0.05) is 45.8 Å². The van der Waals surface area contributed by atoms with Crippen LogP contribution in [-0.4, -0.2) is 68.8 Å². The van der Waals surface area contributed by atoms with E-state index in [4.69, 9.17) is 4.74 Å². The lowest BCUT2D eigenvalue weighted by molar-refractivity contribution is 0.0203. The maximum Gasteiger partial charge on any atom is 0.281 e. The summed E-state index contributed by atoms with van der Waals surface area (Å²) in [6, 6.07) is 6.77. The maximum absolute atomic E-state index is 12.9. The number of hydrogen-bond acceptors (Lipinski definition) is 4. The molecule has 0 N–H and O–H groups in total. The summed E-state index contributed by atoms with van der Waals surface area (Å²) in [7, 11) is 1.60. The first-order chi connectivity index (χ1) is 12.4. The van der Waals surface area contributed by atoms with E-state index in [1.54, 1.807) is 25.5 Å². The number of nitrogens with zero attached hydrogens (tertiary/aromatic N) is 3. The molecule has 3 heterocycles. The number of methoxy groups -OCH3 is 1. The van der Waals surface area contributed by atoms with Crippen LogP contribution in [0.4, 0.5) is 0 Å². The van der Waals surface area contributed by atoms with Crippen LogP contribution < -0.4 is 4.74 Å². The number of rotatable bonds is 3. The zero-order valence-electron chi connectivity index (χ0n) is 15.9. The molecule has 0 amide bonds. The Morgan fingerprint density at radius 3 is 2.77 bits per heavy atom. The van der Waals surface area contributed by atoms with Crippen molar-refractivity contribution >= 4 is 10.2 Å². The minimum Gasteiger partial charge on any atom is -0.497 e. The molecule has 7 heteroatoms. The van der Waals surface area contributed by atoms with Crippen LogP contribution in [0, 0.1) is 5.92 Å². The summed E-state index contributed by atoms with van der Waals surface area (Å²) in [6.45, 7) is 2.69. The molecule has 0 unspecified atom stereocenters. The largest absolute Gasteiger partial charge is 0.497 e. The van der Waals surface area contributed by atoms with Gasteiger partial charge >= 0.3 is 0 Å². The highest BCUT2D eigenvalue weighted by molar-refractivity contribution is 7.86. The van der Waals surface area contributed by atoms with Gasteiger partial charge < -0.3 is 4.74 Å². The first-order valence-corrected chi connectivity index (χ1v) is 10.9. The maximum atomic E-state index is 12.9. The molecular weight excluding hydrogens is 350 g/mol. The van der Waals surface area contributed by atoms with Gasteiger partial charge in [0.2, 0.25) is 0 Å². The van der Waals surface area contributed by atoms with E-state index in [0.29, 0.717) is 18.5 Å². The van der Waals surface area contributed by atoms with Gasteiger partial charge in [-0.15, -0.1) is 0 Å². The Morgan fingerprint density at radius 1 is 1.23 bits per heavy atom. The van der Waals surface area contributed by atoms with E-state index in [2.05, 4.69) is 17.0 Å². The van der Waals surface area contributed by atoms with Crippen LogP contribution >= 0.6 is 0 Å². The predicted molar refractivity (Wildman–Crippen MR) is 101 cm³/mol. The molecule has 2 fully saturated rings. The molecule has 1 aromatic carbocycles. The van der Waals surface area contributed by atoms with Crippen LogP contribution in [0.3, 0.4) is 0 Å². The minimum atomic E-state index is -3.37. The predicted octanol–water partition coefficient (Wildman–Crippen LogP) is 1.89. The Kier molecular flexibility index (Phi) is 4.75. The highest BCUT2D eigenvalue weighted by atomic mass is 32.2. The normalized spacial score (nSPS) is 29.8. The van der Waals surface area contributed by atoms with Crippen LogP contribution in [-0.2, 0) is 16.6 Å². The second kappa shape index (κ2) is 6.78. The zero-order chi connectivity index (χ0) is 18.5. The molecule has 3 atom stereocenters. The second-order valence-electron chi connectivity index (χ2n) is 7.93. The summed E-state index contributed by atoms with van der Waals surface area (Å²) >= 11 is 0. The first kappa shape index (κ1) is 18.2. The third-order valence-corrected chi connectivity index (χ3v) is 8.35. The van der Waals surface area contributed by atoms with Crippen LogP contribution in [0.5, 0.6) is 5.75 Å². The molecule has 1 aromatic rings. The fraction of sp³-hybridized carbons (Fsp3) is 0.684. The Bertz CT molecular complexity index is 780. The number of fused-ring (bicyclic) bond motifs is 4. The molecule has 2 saturated heterocycles. The standard InChI is InChI=1S/C19H29N3O3S/c1-20(2)26(23,24)22-9-4-5-15-13-21-10-8-14-11-16(25-3)6-7-17(14)19(21)12-18(15)22/h6-7,11,15,18-19H,4-5,8-10,12-13H2,1-3H3/t15-,18+,19-/m1/s1. The zero-order valence-corrected chi connectivity index (χ0v) is 16.7.